The molecule has 7 heteroatoms. The zero-order valence-electron chi connectivity index (χ0n) is 17.2. The van der Waals surface area contributed by atoms with E-state index in [0.29, 0.717) is 42.4 Å². The van der Waals surface area contributed by atoms with Gasteiger partial charge in [0.1, 0.15) is 11.5 Å². The van der Waals surface area contributed by atoms with Crippen LogP contribution in [0.15, 0.2) is 54.7 Å². The molecule has 0 bridgehead atoms. The van der Waals surface area contributed by atoms with Crippen LogP contribution in [0, 0.1) is 30.1 Å². The van der Waals surface area contributed by atoms with Gasteiger partial charge in [-0.05, 0) is 73.9 Å². The number of aromatic nitrogens is 1. The fourth-order valence-electron chi connectivity index (χ4n) is 2.99. The number of alkyl halides is 3. The van der Waals surface area contributed by atoms with Crippen LogP contribution >= 0.6 is 0 Å². The number of phenols is 1. The zero-order chi connectivity index (χ0) is 23.1. The van der Waals surface area contributed by atoms with Crippen molar-refractivity contribution in [3.63, 3.8) is 0 Å². The van der Waals surface area contributed by atoms with Crippen molar-refractivity contribution in [3.8, 4) is 29.4 Å². The quantitative estimate of drug-likeness (QED) is 0.430. The second-order valence-corrected chi connectivity index (χ2v) is 7.05. The van der Waals surface area contributed by atoms with Gasteiger partial charge in [0.25, 0.3) is 0 Å². The van der Waals surface area contributed by atoms with Gasteiger partial charge < -0.3 is 9.84 Å². The Morgan fingerprint density at radius 1 is 1.03 bits per heavy atom. The highest BCUT2D eigenvalue weighted by Gasteiger charge is 2.33. The third kappa shape index (κ3) is 6.02. The summed E-state index contributed by atoms with van der Waals surface area (Å²) in [5.41, 5.74) is 1.36. The first-order valence-electron chi connectivity index (χ1n) is 9.77. The van der Waals surface area contributed by atoms with Crippen LogP contribution in [-0.4, -0.2) is 16.7 Å². The van der Waals surface area contributed by atoms with E-state index >= 15 is 0 Å². The Labute approximate surface area is 183 Å². The smallest absolute Gasteiger partial charge is 0.417 e. The first kappa shape index (κ1) is 22.7. The monoisotopic (exact) mass is 436 g/mol. The van der Waals surface area contributed by atoms with Gasteiger partial charge in [0.2, 0.25) is 0 Å². The Balaban J connectivity index is 1.79. The molecule has 0 saturated heterocycles. The summed E-state index contributed by atoms with van der Waals surface area (Å²) in [5, 5.41) is 18.6. The number of rotatable bonds is 5. The Morgan fingerprint density at radius 2 is 1.78 bits per heavy atom. The normalized spacial score (nSPS) is 10.7. The number of aromatic hydroxyl groups is 1. The lowest BCUT2D eigenvalue weighted by atomic mass is 9.99. The minimum Gasteiger partial charge on any atom is -0.508 e. The molecular formula is C25H19F3N2O2. The molecule has 0 saturated carbocycles. The number of benzene rings is 2. The standard InChI is InChI=1S/C25H19F3N2O2/c1-17-4-11-23(16-30-17)32-12-2-3-21-13-18(15-29)5-6-19(21)7-8-20-9-10-22(31)14-24(20)25(26,27)28/h4-6,9-11,13-14,16,31H,2-3,12H2,1H3. The summed E-state index contributed by atoms with van der Waals surface area (Å²) in [6.45, 7) is 2.29. The molecule has 0 unspecified atom stereocenters. The molecular weight excluding hydrogens is 417 g/mol. The highest BCUT2D eigenvalue weighted by atomic mass is 19.4. The molecule has 1 heterocycles. The van der Waals surface area contributed by atoms with E-state index in [0.717, 1.165) is 23.4 Å². The summed E-state index contributed by atoms with van der Waals surface area (Å²) in [6, 6.07) is 13.6. The van der Waals surface area contributed by atoms with Crippen LogP contribution in [-0.2, 0) is 12.6 Å². The highest BCUT2D eigenvalue weighted by molar-refractivity contribution is 5.53. The number of hydrogen-bond donors (Lipinski definition) is 1. The van der Waals surface area contributed by atoms with Gasteiger partial charge in [0.15, 0.2) is 0 Å². The van der Waals surface area contributed by atoms with Crippen molar-refractivity contribution in [2.24, 2.45) is 0 Å². The number of nitrogens with zero attached hydrogens (tertiary/aromatic N) is 2. The van der Waals surface area contributed by atoms with Crippen LogP contribution in [0.25, 0.3) is 0 Å². The molecule has 1 aromatic heterocycles. The largest absolute Gasteiger partial charge is 0.508 e. The molecule has 0 amide bonds. The van der Waals surface area contributed by atoms with Crippen LogP contribution in [0.5, 0.6) is 11.5 Å². The average molecular weight is 436 g/mol. The number of pyridine rings is 1. The molecule has 4 nitrogen and oxygen atoms in total. The summed E-state index contributed by atoms with van der Waals surface area (Å²) >= 11 is 0. The van der Waals surface area contributed by atoms with Crippen LogP contribution in [0.2, 0.25) is 0 Å². The van der Waals surface area contributed by atoms with Crippen LogP contribution in [0.4, 0.5) is 13.2 Å². The Morgan fingerprint density at radius 3 is 2.47 bits per heavy atom. The fourth-order valence-corrected chi connectivity index (χ4v) is 2.99. The molecule has 0 fully saturated rings. The molecule has 0 aliphatic carbocycles. The molecule has 0 aliphatic heterocycles. The molecule has 0 atom stereocenters. The summed E-state index contributed by atoms with van der Waals surface area (Å²) in [4.78, 5) is 4.16. The molecule has 3 rings (SSSR count). The molecule has 0 radical (unpaired) electrons. The third-order valence-electron chi connectivity index (χ3n) is 4.62. The van der Waals surface area contributed by atoms with Gasteiger partial charge in [-0.2, -0.15) is 18.4 Å². The van der Waals surface area contributed by atoms with E-state index in [4.69, 9.17) is 4.74 Å². The SMILES string of the molecule is Cc1ccc(OCCCc2cc(C#N)ccc2C#Cc2ccc(O)cc2C(F)(F)F)cn1. The fraction of sp³-hybridized carbons (Fsp3) is 0.200. The van der Waals surface area contributed by atoms with E-state index in [1.54, 1.807) is 24.4 Å². The lowest BCUT2D eigenvalue weighted by Gasteiger charge is -2.10. The second-order valence-electron chi connectivity index (χ2n) is 7.05. The Kier molecular flexibility index (Phi) is 7.02. The second kappa shape index (κ2) is 9.89. The van der Waals surface area contributed by atoms with Gasteiger partial charge in [-0.3, -0.25) is 4.98 Å². The van der Waals surface area contributed by atoms with Crippen molar-refractivity contribution >= 4 is 0 Å². The minimum atomic E-state index is -4.64. The van der Waals surface area contributed by atoms with Gasteiger partial charge in [-0.1, -0.05) is 11.8 Å². The van der Waals surface area contributed by atoms with Crippen molar-refractivity contribution in [2.45, 2.75) is 25.9 Å². The first-order valence-corrected chi connectivity index (χ1v) is 9.77. The van der Waals surface area contributed by atoms with Gasteiger partial charge in [0.05, 0.1) is 30.0 Å². The zero-order valence-corrected chi connectivity index (χ0v) is 17.2. The van der Waals surface area contributed by atoms with E-state index in [9.17, 15) is 23.5 Å². The number of hydrogen-bond acceptors (Lipinski definition) is 4. The number of halogens is 3. The van der Waals surface area contributed by atoms with Crippen LogP contribution < -0.4 is 4.74 Å². The average Bonchev–Trinajstić information content (AvgIpc) is 2.76. The molecule has 0 spiro atoms. The van der Waals surface area contributed by atoms with Crippen LogP contribution in [0.3, 0.4) is 0 Å². The maximum absolute atomic E-state index is 13.3. The summed E-state index contributed by atoms with van der Waals surface area (Å²) in [5.74, 6) is 5.51. The number of nitriles is 1. The number of phenolic OH excluding ortho intramolecular Hbond substituents is 1. The maximum Gasteiger partial charge on any atom is 0.417 e. The topological polar surface area (TPSA) is 66.1 Å². The molecule has 0 aliphatic rings. The van der Waals surface area contributed by atoms with Crippen LogP contribution in [0.1, 0.15) is 39.9 Å². The van der Waals surface area contributed by atoms with Gasteiger partial charge in [-0.15, -0.1) is 0 Å². The van der Waals surface area contributed by atoms with Crippen molar-refractivity contribution in [1.29, 1.82) is 5.26 Å². The summed E-state index contributed by atoms with van der Waals surface area (Å²) < 4.78 is 45.5. The Bertz CT molecular complexity index is 1200. The first-order chi connectivity index (χ1) is 15.3. The van der Waals surface area contributed by atoms with E-state index in [1.165, 1.54) is 0 Å². The number of aryl methyl sites for hydroxylation is 2. The number of ether oxygens (including phenoxy) is 1. The molecule has 3 aromatic rings. The van der Waals surface area contributed by atoms with Gasteiger partial charge >= 0.3 is 6.18 Å². The maximum atomic E-state index is 13.3. The predicted molar refractivity (Wildman–Crippen MR) is 113 cm³/mol. The van der Waals surface area contributed by atoms with E-state index in [1.807, 2.05) is 19.1 Å². The molecule has 2 aromatic carbocycles. The summed E-state index contributed by atoms with van der Waals surface area (Å²) in [7, 11) is 0. The third-order valence-corrected chi connectivity index (χ3v) is 4.62. The molecule has 1 N–H and O–H groups in total. The minimum absolute atomic E-state index is 0.235. The van der Waals surface area contributed by atoms with Crippen molar-refractivity contribution in [2.75, 3.05) is 6.61 Å². The molecule has 32 heavy (non-hydrogen) atoms. The predicted octanol–water partition coefficient (Wildman–Crippen LogP) is 5.40. The van der Waals surface area contributed by atoms with E-state index in [2.05, 4.69) is 22.9 Å². The lowest BCUT2D eigenvalue weighted by Crippen LogP contribution is -2.07. The lowest BCUT2D eigenvalue weighted by molar-refractivity contribution is -0.137. The van der Waals surface area contributed by atoms with Crippen molar-refractivity contribution < 1.29 is 23.0 Å². The highest BCUT2D eigenvalue weighted by Crippen LogP contribution is 2.33. The summed E-state index contributed by atoms with van der Waals surface area (Å²) in [6.07, 6.45) is -1.86. The van der Waals surface area contributed by atoms with Gasteiger partial charge in [0, 0.05) is 16.8 Å². The molecule has 162 valence electrons. The Hall–Kier alpha value is -3.97. The van der Waals surface area contributed by atoms with Crippen molar-refractivity contribution in [3.05, 3.63) is 88.2 Å². The van der Waals surface area contributed by atoms with Gasteiger partial charge in [-0.25, -0.2) is 0 Å². The van der Waals surface area contributed by atoms with E-state index < -0.39 is 17.5 Å². The van der Waals surface area contributed by atoms with Crippen molar-refractivity contribution in [1.82, 2.24) is 4.98 Å². The van der Waals surface area contributed by atoms with E-state index in [-0.39, 0.29) is 5.56 Å².